The smallest absolute Gasteiger partial charge is 0.344 e. The highest BCUT2D eigenvalue weighted by Crippen LogP contribution is 2.43. The van der Waals surface area contributed by atoms with Crippen LogP contribution in [0.1, 0.15) is 51.0 Å². The molecule has 0 saturated heterocycles. The third-order valence-electron chi connectivity index (χ3n) is 6.12. The van der Waals surface area contributed by atoms with Gasteiger partial charge in [-0.2, -0.15) is 5.10 Å². The zero-order chi connectivity index (χ0) is 24.7. The number of anilines is 1. The van der Waals surface area contributed by atoms with E-state index in [4.69, 9.17) is 31.2 Å². The number of nitrogens with one attached hydrogen (secondary N) is 2. The number of thiocarbonyl (C=S) groups is 1. The van der Waals surface area contributed by atoms with Crippen molar-refractivity contribution in [1.29, 1.82) is 0 Å². The van der Waals surface area contributed by atoms with Gasteiger partial charge in [-0.25, -0.2) is 4.79 Å². The van der Waals surface area contributed by atoms with Gasteiger partial charge >= 0.3 is 5.97 Å². The van der Waals surface area contributed by atoms with Gasteiger partial charge in [-0.1, -0.05) is 12.5 Å². The summed E-state index contributed by atoms with van der Waals surface area (Å²) in [6.45, 7) is 1.92. The van der Waals surface area contributed by atoms with Crippen LogP contribution < -0.4 is 25.0 Å². The Balaban J connectivity index is 1.53. The lowest BCUT2D eigenvalue weighted by Crippen LogP contribution is -2.44. The maximum Gasteiger partial charge on any atom is 0.344 e. The van der Waals surface area contributed by atoms with Gasteiger partial charge in [-0.3, -0.25) is 5.43 Å². The first-order valence-corrected chi connectivity index (χ1v) is 12.3. The number of rotatable bonds is 7. The van der Waals surface area contributed by atoms with E-state index in [0.29, 0.717) is 23.9 Å². The third-order valence-corrected chi connectivity index (χ3v) is 6.32. The van der Waals surface area contributed by atoms with Crippen LogP contribution in [0.3, 0.4) is 0 Å². The van der Waals surface area contributed by atoms with Crippen LogP contribution in [-0.4, -0.2) is 42.7 Å². The number of carbonyl (C=O) groups excluding carboxylic acids is 1. The SMILES string of the molecule is CCOC(=O)COc1ccc2c(c1)/C(=N\NC(=S)Nc1cccc(OC)c1)CC1(CCCCC1)O2. The van der Waals surface area contributed by atoms with Crippen molar-refractivity contribution in [3.8, 4) is 17.2 Å². The minimum Gasteiger partial charge on any atom is -0.497 e. The predicted molar refractivity (Wildman–Crippen MR) is 139 cm³/mol. The molecule has 0 bridgehead atoms. The fraction of sp³-hybridized carbons (Fsp3) is 0.423. The summed E-state index contributed by atoms with van der Waals surface area (Å²) in [6.07, 6.45) is 6.12. The summed E-state index contributed by atoms with van der Waals surface area (Å²) in [5.74, 6) is 1.63. The van der Waals surface area contributed by atoms with Crippen LogP contribution in [0.2, 0.25) is 0 Å². The Morgan fingerprint density at radius 2 is 1.97 bits per heavy atom. The van der Waals surface area contributed by atoms with E-state index in [-0.39, 0.29) is 12.2 Å². The molecule has 1 heterocycles. The Hall–Kier alpha value is -3.33. The number of hydrogen-bond donors (Lipinski definition) is 2. The number of ether oxygens (including phenoxy) is 4. The number of fused-ring (bicyclic) bond motifs is 1. The van der Waals surface area contributed by atoms with Crippen molar-refractivity contribution in [2.24, 2.45) is 5.10 Å². The predicted octanol–water partition coefficient (Wildman–Crippen LogP) is 4.81. The molecule has 2 aromatic carbocycles. The van der Waals surface area contributed by atoms with Gasteiger partial charge < -0.3 is 24.3 Å². The maximum absolute atomic E-state index is 11.7. The normalized spacial score (nSPS) is 17.1. The summed E-state index contributed by atoms with van der Waals surface area (Å²) >= 11 is 5.47. The highest BCUT2D eigenvalue weighted by molar-refractivity contribution is 7.80. The standard InChI is InChI=1S/C26H31N3O5S/c1-3-32-24(30)17-33-20-10-11-23-21(15-20)22(16-26(34-23)12-5-4-6-13-26)28-29-25(35)27-18-8-7-9-19(14-18)31-2/h7-11,14-15H,3-6,12-13,16-17H2,1-2H3,(H2,27,29,35)/b28-22-. The van der Waals surface area contributed by atoms with E-state index in [0.717, 1.165) is 54.1 Å². The summed E-state index contributed by atoms with van der Waals surface area (Å²) < 4.78 is 22.4. The van der Waals surface area contributed by atoms with Gasteiger partial charge in [0.05, 0.1) is 19.4 Å². The Kier molecular flexibility index (Phi) is 8.07. The van der Waals surface area contributed by atoms with Gasteiger partial charge in [0.1, 0.15) is 22.8 Å². The van der Waals surface area contributed by atoms with Crippen molar-refractivity contribution < 1.29 is 23.7 Å². The third kappa shape index (κ3) is 6.42. The second-order valence-electron chi connectivity index (χ2n) is 8.63. The van der Waals surface area contributed by atoms with Gasteiger partial charge in [0, 0.05) is 23.7 Å². The molecule has 0 unspecified atom stereocenters. The van der Waals surface area contributed by atoms with Crippen LogP contribution in [0.4, 0.5) is 5.69 Å². The number of esters is 1. The summed E-state index contributed by atoms with van der Waals surface area (Å²) in [6, 6.07) is 13.0. The van der Waals surface area contributed by atoms with Crippen LogP contribution in [-0.2, 0) is 9.53 Å². The molecule has 1 aliphatic carbocycles. The Bertz CT molecular complexity index is 1100. The van der Waals surface area contributed by atoms with Gasteiger partial charge in [0.2, 0.25) is 0 Å². The van der Waals surface area contributed by atoms with Gasteiger partial charge in [-0.15, -0.1) is 0 Å². The van der Waals surface area contributed by atoms with E-state index in [9.17, 15) is 4.79 Å². The van der Waals surface area contributed by atoms with Crippen molar-refractivity contribution in [2.45, 2.75) is 51.0 Å². The fourth-order valence-electron chi connectivity index (χ4n) is 4.48. The molecule has 1 aliphatic heterocycles. The van der Waals surface area contributed by atoms with Gasteiger partial charge in [0.25, 0.3) is 0 Å². The molecule has 1 fully saturated rings. The van der Waals surface area contributed by atoms with E-state index >= 15 is 0 Å². The first kappa shape index (κ1) is 24.8. The number of hydrogen-bond acceptors (Lipinski definition) is 7. The van der Waals surface area contributed by atoms with Crippen LogP contribution in [0, 0.1) is 0 Å². The molecule has 186 valence electrons. The summed E-state index contributed by atoms with van der Waals surface area (Å²) in [5.41, 5.74) is 5.18. The summed E-state index contributed by atoms with van der Waals surface area (Å²) in [4.78, 5) is 11.7. The molecule has 8 nitrogen and oxygen atoms in total. The molecular formula is C26H31N3O5S. The minimum atomic E-state index is -0.410. The molecule has 1 spiro atoms. The van der Waals surface area contributed by atoms with Gasteiger partial charge in [0.15, 0.2) is 11.7 Å². The number of benzene rings is 2. The maximum atomic E-state index is 11.7. The van der Waals surface area contributed by atoms with E-state index in [1.807, 2.05) is 36.4 Å². The monoisotopic (exact) mass is 497 g/mol. The first-order valence-electron chi connectivity index (χ1n) is 11.9. The summed E-state index contributed by atoms with van der Waals surface area (Å²) in [5, 5.41) is 8.18. The number of nitrogens with zero attached hydrogens (tertiary/aromatic N) is 1. The fourth-order valence-corrected chi connectivity index (χ4v) is 4.64. The highest BCUT2D eigenvalue weighted by atomic mass is 32.1. The molecule has 4 rings (SSSR count). The van der Waals surface area contributed by atoms with Crippen molar-refractivity contribution in [3.05, 3.63) is 48.0 Å². The van der Waals surface area contributed by atoms with Crippen molar-refractivity contribution >= 4 is 34.7 Å². The molecule has 9 heteroatoms. The Morgan fingerprint density at radius 3 is 2.74 bits per heavy atom. The van der Waals surface area contributed by atoms with E-state index in [1.165, 1.54) is 6.42 Å². The molecule has 2 aliphatic rings. The largest absolute Gasteiger partial charge is 0.497 e. The van der Waals surface area contributed by atoms with Crippen molar-refractivity contribution in [1.82, 2.24) is 5.43 Å². The lowest BCUT2D eigenvalue weighted by molar-refractivity contribution is -0.145. The molecule has 0 radical (unpaired) electrons. The Labute approximate surface area is 211 Å². The lowest BCUT2D eigenvalue weighted by Gasteiger charge is -2.41. The van der Waals surface area contributed by atoms with E-state index in [1.54, 1.807) is 20.1 Å². The van der Waals surface area contributed by atoms with Crippen LogP contribution >= 0.6 is 12.2 Å². The van der Waals surface area contributed by atoms with Crippen molar-refractivity contribution in [3.63, 3.8) is 0 Å². The number of hydrazone groups is 1. The van der Waals surface area contributed by atoms with Crippen LogP contribution in [0.15, 0.2) is 47.6 Å². The molecule has 0 amide bonds. The molecule has 2 N–H and O–H groups in total. The molecule has 0 aromatic heterocycles. The molecule has 0 atom stereocenters. The highest BCUT2D eigenvalue weighted by Gasteiger charge is 2.40. The lowest BCUT2D eigenvalue weighted by atomic mass is 9.78. The second kappa shape index (κ2) is 11.4. The average molecular weight is 498 g/mol. The minimum absolute atomic E-state index is 0.156. The molecule has 2 aromatic rings. The topological polar surface area (TPSA) is 90.4 Å². The molecular weight excluding hydrogens is 466 g/mol. The first-order chi connectivity index (χ1) is 17.0. The van der Waals surface area contributed by atoms with E-state index in [2.05, 4.69) is 15.8 Å². The zero-order valence-electron chi connectivity index (χ0n) is 20.1. The second-order valence-corrected chi connectivity index (χ2v) is 9.04. The van der Waals surface area contributed by atoms with Crippen LogP contribution in [0.25, 0.3) is 0 Å². The average Bonchev–Trinajstić information content (AvgIpc) is 2.87. The summed E-state index contributed by atoms with van der Waals surface area (Å²) in [7, 11) is 1.62. The number of carbonyl (C=O) groups is 1. The van der Waals surface area contributed by atoms with Gasteiger partial charge in [-0.05, 0) is 75.2 Å². The zero-order valence-corrected chi connectivity index (χ0v) is 20.9. The molecule has 35 heavy (non-hydrogen) atoms. The molecule has 1 saturated carbocycles. The van der Waals surface area contributed by atoms with Crippen molar-refractivity contribution in [2.75, 3.05) is 25.6 Å². The Morgan fingerprint density at radius 1 is 1.14 bits per heavy atom. The number of methoxy groups -OCH3 is 1. The van der Waals surface area contributed by atoms with Crippen LogP contribution in [0.5, 0.6) is 17.2 Å². The quantitative estimate of drug-likeness (QED) is 0.320. The van der Waals surface area contributed by atoms with E-state index < -0.39 is 5.97 Å².